The number of carbonyl (C=O) groups excluding carboxylic acids is 1. The first-order chi connectivity index (χ1) is 11.0. The topological polar surface area (TPSA) is 50.6 Å². The Labute approximate surface area is 135 Å². The third-order valence-electron chi connectivity index (χ3n) is 4.77. The van der Waals surface area contributed by atoms with E-state index >= 15 is 0 Å². The summed E-state index contributed by atoms with van der Waals surface area (Å²) in [6, 6.07) is 5.87. The number of amides is 1. The SMILES string of the molecule is CN1CC2Oc3cc(-c4cnn(C)c4)ccc3C(=O)N(C)C2C1. The van der Waals surface area contributed by atoms with Crippen LogP contribution >= 0.6 is 0 Å². The molecule has 1 aromatic heterocycles. The Bertz CT molecular complexity index is 770. The van der Waals surface area contributed by atoms with E-state index in [1.54, 1.807) is 4.68 Å². The van der Waals surface area contributed by atoms with E-state index in [0.29, 0.717) is 11.3 Å². The summed E-state index contributed by atoms with van der Waals surface area (Å²) in [6.45, 7) is 1.68. The minimum Gasteiger partial charge on any atom is -0.486 e. The van der Waals surface area contributed by atoms with E-state index in [1.807, 2.05) is 49.6 Å². The van der Waals surface area contributed by atoms with E-state index in [4.69, 9.17) is 4.74 Å². The molecule has 0 saturated carbocycles. The quantitative estimate of drug-likeness (QED) is 0.795. The molecule has 0 N–H and O–H groups in total. The molecule has 2 aromatic rings. The number of aromatic nitrogens is 2. The van der Waals surface area contributed by atoms with Crippen molar-refractivity contribution in [3.63, 3.8) is 0 Å². The Morgan fingerprint density at radius 2 is 2.00 bits per heavy atom. The van der Waals surface area contributed by atoms with Crippen molar-refractivity contribution in [2.75, 3.05) is 27.2 Å². The summed E-state index contributed by atoms with van der Waals surface area (Å²) in [5.74, 6) is 0.700. The summed E-state index contributed by atoms with van der Waals surface area (Å²) in [5, 5.41) is 4.21. The molecule has 3 heterocycles. The number of carbonyl (C=O) groups is 1. The predicted molar refractivity (Wildman–Crippen MR) is 86.4 cm³/mol. The van der Waals surface area contributed by atoms with Crippen LogP contribution in [0.3, 0.4) is 0 Å². The summed E-state index contributed by atoms with van der Waals surface area (Å²) in [5.41, 5.74) is 2.67. The lowest BCUT2D eigenvalue weighted by atomic mass is 10.1. The standard InChI is InChI=1S/C17H20N4O2/c1-19-9-14-16(10-19)23-15-6-11(12-7-18-20(2)8-12)4-5-13(15)17(22)21(14)3/h4-8,14,16H,9-10H2,1-3H3. The van der Waals surface area contributed by atoms with Gasteiger partial charge in [-0.25, -0.2) is 0 Å². The number of aryl methyl sites for hydroxylation is 1. The highest BCUT2D eigenvalue weighted by Crippen LogP contribution is 2.33. The zero-order chi connectivity index (χ0) is 16.1. The van der Waals surface area contributed by atoms with Crippen LogP contribution in [0.4, 0.5) is 0 Å². The number of benzene rings is 1. The van der Waals surface area contributed by atoms with Gasteiger partial charge in [-0.3, -0.25) is 9.48 Å². The van der Waals surface area contributed by atoms with Crippen LogP contribution < -0.4 is 4.74 Å². The molecule has 2 aliphatic rings. The molecule has 6 heteroatoms. The van der Waals surface area contributed by atoms with Crippen molar-refractivity contribution in [3.05, 3.63) is 36.2 Å². The normalized spacial score (nSPS) is 24.1. The van der Waals surface area contributed by atoms with Crippen LogP contribution in [-0.2, 0) is 7.05 Å². The molecule has 0 spiro atoms. The molecule has 2 unspecified atom stereocenters. The Kier molecular flexibility index (Phi) is 3.16. The number of hydrogen-bond acceptors (Lipinski definition) is 4. The molecule has 2 atom stereocenters. The van der Waals surface area contributed by atoms with Crippen molar-refractivity contribution in [2.24, 2.45) is 7.05 Å². The lowest BCUT2D eigenvalue weighted by molar-refractivity contribution is 0.0682. The maximum absolute atomic E-state index is 12.7. The lowest BCUT2D eigenvalue weighted by Crippen LogP contribution is -2.44. The number of nitrogens with zero attached hydrogens (tertiary/aromatic N) is 4. The first-order valence-corrected chi connectivity index (χ1v) is 7.78. The van der Waals surface area contributed by atoms with Crippen molar-refractivity contribution in [1.29, 1.82) is 0 Å². The van der Waals surface area contributed by atoms with Gasteiger partial charge < -0.3 is 14.5 Å². The van der Waals surface area contributed by atoms with Gasteiger partial charge in [0, 0.05) is 38.9 Å². The lowest BCUT2D eigenvalue weighted by Gasteiger charge is -2.25. The molecule has 0 bridgehead atoms. The first kappa shape index (κ1) is 14.3. The zero-order valence-electron chi connectivity index (χ0n) is 13.6. The second-order valence-corrected chi connectivity index (χ2v) is 6.47. The van der Waals surface area contributed by atoms with E-state index in [9.17, 15) is 4.79 Å². The fourth-order valence-electron chi connectivity index (χ4n) is 3.48. The summed E-state index contributed by atoms with van der Waals surface area (Å²) in [7, 11) is 5.82. The predicted octanol–water partition coefficient (Wildman–Crippen LogP) is 1.23. The van der Waals surface area contributed by atoms with Crippen molar-refractivity contribution in [2.45, 2.75) is 12.1 Å². The summed E-state index contributed by atoms with van der Waals surface area (Å²) >= 11 is 0. The smallest absolute Gasteiger partial charge is 0.257 e. The van der Waals surface area contributed by atoms with Crippen LogP contribution in [0.1, 0.15) is 10.4 Å². The van der Waals surface area contributed by atoms with Gasteiger partial charge in [0.25, 0.3) is 5.91 Å². The van der Waals surface area contributed by atoms with Crippen LogP contribution in [0, 0.1) is 0 Å². The van der Waals surface area contributed by atoms with E-state index < -0.39 is 0 Å². The molecule has 120 valence electrons. The minimum absolute atomic E-state index is 0.0133. The van der Waals surface area contributed by atoms with Gasteiger partial charge in [-0.1, -0.05) is 6.07 Å². The Balaban J connectivity index is 1.76. The van der Waals surface area contributed by atoms with Crippen LogP contribution in [0.5, 0.6) is 5.75 Å². The van der Waals surface area contributed by atoms with Gasteiger partial charge in [0.2, 0.25) is 0 Å². The second kappa shape index (κ2) is 5.09. The summed E-state index contributed by atoms with van der Waals surface area (Å²) in [4.78, 5) is 16.8. The average molecular weight is 312 g/mol. The molecule has 6 nitrogen and oxygen atoms in total. The highest BCUT2D eigenvalue weighted by molar-refractivity contribution is 5.98. The molecule has 1 amide bonds. The molecule has 0 radical (unpaired) electrons. The number of ether oxygens (including phenoxy) is 1. The van der Waals surface area contributed by atoms with Crippen LogP contribution in [0.2, 0.25) is 0 Å². The van der Waals surface area contributed by atoms with Gasteiger partial charge in [-0.2, -0.15) is 5.10 Å². The molecule has 4 rings (SSSR count). The van der Waals surface area contributed by atoms with E-state index in [0.717, 1.165) is 24.2 Å². The molecule has 1 aromatic carbocycles. The minimum atomic E-state index is 0.0133. The highest BCUT2D eigenvalue weighted by atomic mass is 16.5. The average Bonchev–Trinajstić information content (AvgIpc) is 3.09. The zero-order valence-corrected chi connectivity index (χ0v) is 13.6. The molecule has 1 fully saturated rings. The number of likely N-dealkylation sites (tertiary alicyclic amines) is 1. The van der Waals surface area contributed by atoms with E-state index in [2.05, 4.69) is 17.0 Å². The molecular formula is C17H20N4O2. The van der Waals surface area contributed by atoms with Gasteiger partial charge in [-0.05, 0) is 24.7 Å². The summed E-state index contributed by atoms with van der Waals surface area (Å²) < 4.78 is 8.00. The first-order valence-electron chi connectivity index (χ1n) is 7.78. The number of likely N-dealkylation sites (N-methyl/N-ethyl adjacent to an activating group) is 2. The van der Waals surface area contributed by atoms with Gasteiger partial charge in [-0.15, -0.1) is 0 Å². The van der Waals surface area contributed by atoms with Gasteiger partial charge in [0.15, 0.2) is 0 Å². The highest BCUT2D eigenvalue weighted by Gasteiger charge is 2.41. The fraction of sp³-hybridized carbons (Fsp3) is 0.412. The van der Waals surface area contributed by atoms with Crippen LogP contribution in [0.25, 0.3) is 11.1 Å². The van der Waals surface area contributed by atoms with Crippen LogP contribution in [0.15, 0.2) is 30.6 Å². The molecule has 2 aliphatic heterocycles. The Morgan fingerprint density at radius 1 is 1.17 bits per heavy atom. The molecule has 0 aliphatic carbocycles. The fourth-order valence-corrected chi connectivity index (χ4v) is 3.48. The van der Waals surface area contributed by atoms with Crippen molar-refractivity contribution in [1.82, 2.24) is 19.6 Å². The Morgan fingerprint density at radius 3 is 2.74 bits per heavy atom. The molecule has 1 saturated heterocycles. The summed E-state index contributed by atoms with van der Waals surface area (Å²) in [6.07, 6.45) is 3.79. The van der Waals surface area contributed by atoms with Crippen LogP contribution in [-0.4, -0.2) is 64.8 Å². The van der Waals surface area contributed by atoms with Gasteiger partial charge in [0.05, 0.1) is 17.8 Å². The van der Waals surface area contributed by atoms with Gasteiger partial charge >= 0.3 is 0 Å². The third kappa shape index (κ3) is 2.30. The van der Waals surface area contributed by atoms with E-state index in [1.165, 1.54) is 0 Å². The van der Waals surface area contributed by atoms with Crippen molar-refractivity contribution in [3.8, 4) is 16.9 Å². The van der Waals surface area contributed by atoms with E-state index in [-0.39, 0.29) is 18.1 Å². The third-order valence-corrected chi connectivity index (χ3v) is 4.77. The maximum atomic E-state index is 12.7. The maximum Gasteiger partial charge on any atom is 0.257 e. The van der Waals surface area contributed by atoms with Gasteiger partial charge in [0.1, 0.15) is 11.9 Å². The van der Waals surface area contributed by atoms with Crippen molar-refractivity contribution < 1.29 is 9.53 Å². The number of rotatable bonds is 1. The second-order valence-electron chi connectivity index (χ2n) is 6.47. The number of fused-ring (bicyclic) bond motifs is 2. The number of hydrogen-bond donors (Lipinski definition) is 0. The molecular weight excluding hydrogens is 292 g/mol. The monoisotopic (exact) mass is 312 g/mol. The molecule has 23 heavy (non-hydrogen) atoms. The largest absolute Gasteiger partial charge is 0.486 e. The van der Waals surface area contributed by atoms with Crippen molar-refractivity contribution >= 4 is 5.91 Å². The Hall–Kier alpha value is -2.34.